The van der Waals surface area contributed by atoms with Crippen molar-refractivity contribution in [3.63, 3.8) is 0 Å². The second-order valence-electron chi connectivity index (χ2n) is 8.34. The first-order valence-electron chi connectivity index (χ1n) is 11.6. The number of hydrogen-bond donors (Lipinski definition) is 1. The van der Waals surface area contributed by atoms with Crippen LogP contribution < -0.4 is 9.62 Å². The lowest BCUT2D eigenvalue weighted by Crippen LogP contribution is -2.51. The third kappa shape index (κ3) is 6.28. The second kappa shape index (κ2) is 11.8. The molecule has 3 aromatic rings. The summed E-state index contributed by atoms with van der Waals surface area (Å²) in [6.45, 7) is 4.71. The molecule has 0 fully saturated rings. The molecule has 3 aromatic carbocycles. The lowest BCUT2D eigenvalue weighted by Gasteiger charge is -2.32. The molecule has 9 heteroatoms. The van der Waals surface area contributed by atoms with E-state index in [-0.39, 0.29) is 17.0 Å². The summed E-state index contributed by atoms with van der Waals surface area (Å²) < 4.78 is 42.7. The minimum atomic E-state index is -4.13. The van der Waals surface area contributed by atoms with Crippen molar-refractivity contribution >= 4 is 27.5 Å². The number of nitrogens with one attached hydrogen (secondary N) is 1. The van der Waals surface area contributed by atoms with Gasteiger partial charge >= 0.3 is 0 Å². The zero-order chi connectivity index (χ0) is 26.3. The van der Waals surface area contributed by atoms with E-state index >= 15 is 0 Å². The zero-order valence-corrected chi connectivity index (χ0v) is 21.3. The molecule has 0 radical (unpaired) electrons. The minimum absolute atomic E-state index is 0.0298. The number of carbonyl (C=O) groups is 2. The maximum Gasteiger partial charge on any atom is 0.264 e. The first kappa shape index (κ1) is 26.9. The van der Waals surface area contributed by atoms with E-state index in [1.54, 1.807) is 55.5 Å². The van der Waals surface area contributed by atoms with Crippen LogP contribution in [0.3, 0.4) is 0 Å². The number of likely N-dealkylation sites (N-methyl/N-ethyl adjacent to an activating group) is 1. The SMILES string of the molecule is CCNC(=O)[C@H](C)N(Cc1ccccc1F)C(=O)CN(c1ccccc1)S(=O)(=O)c1ccc(C)cc1. The van der Waals surface area contributed by atoms with Crippen molar-refractivity contribution in [2.24, 2.45) is 0 Å². The van der Waals surface area contributed by atoms with Crippen LogP contribution in [-0.4, -0.2) is 44.3 Å². The Bertz CT molecular complexity index is 1300. The second-order valence-corrected chi connectivity index (χ2v) is 10.2. The fourth-order valence-electron chi connectivity index (χ4n) is 3.68. The van der Waals surface area contributed by atoms with Crippen LogP contribution in [0.25, 0.3) is 0 Å². The van der Waals surface area contributed by atoms with Crippen LogP contribution in [0.5, 0.6) is 0 Å². The number of nitrogens with zero attached hydrogens (tertiary/aromatic N) is 2. The van der Waals surface area contributed by atoms with Crippen LogP contribution >= 0.6 is 0 Å². The van der Waals surface area contributed by atoms with Crippen molar-refractivity contribution in [2.45, 2.75) is 38.3 Å². The molecule has 190 valence electrons. The molecule has 1 N–H and O–H groups in total. The van der Waals surface area contributed by atoms with Gasteiger partial charge in [-0.3, -0.25) is 13.9 Å². The van der Waals surface area contributed by atoms with Crippen LogP contribution in [0.15, 0.2) is 83.8 Å². The Morgan fingerprint density at radius 2 is 1.56 bits per heavy atom. The summed E-state index contributed by atoms with van der Waals surface area (Å²) in [5.74, 6) is -1.59. The van der Waals surface area contributed by atoms with Gasteiger partial charge in [0, 0.05) is 18.7 Å². The Morgan fingerprint density at radius 1 is 0.944 bits per heavy atom. The molecule has 2 amide bonds. The highest BCUT2D eigenvalue weighted by Crippen LogP contribution is 2.25. The maximum absolute atomic E-state index is 14.5. The summed E-state index contributed by atoms with van der Waals surface area (Å²) >= 11 is 0. The zero-order valence-electron chi connectivity index (χ0n) is 20.5. The Labute approximate surface area is 211 Å². The van der Waals surface area contributed by atoms with Crippen molar-refractivity contribution in [2.75, 3.05) is 17.4 Å². The van der Waals surface area contributed by atoms with Gasteiger partial charge in [-0.2, -0.15) is 0 Å². The van der Waals surface area contributed by atoms with Gasteiger partial charge in [-0.1, -0.05) is 54.1 Å². The highest BCUT2D eigenvalue weighted by molar-refractivity contribution is 7.92. The number of benzene rings is 3. The van der Waals surface area contributed by atoms with Crippen molar-refractivity contribution in [1.82, 2.24) is 10.2 Å². The Kier molecular flexibility index (Phi) is 8.82. The van der Waals surface area contributed by atoms with Crippen molar-refractivity contribution in [3.8, 4) is 0 Å². The Hall–Kier alpha value is -3.72. The van der Waals surface area contributed by atoms with Gasteiger partial charge in [-0.15, -0.1) is 0 Å². The van der Waals surface area contributed by atoms with Crippen LogP contribution in [-0.2, 0) is 26.2 Å². The lowest BCUT2D eigenvalue weighted by atomic mass is 10.1. The van der Waals surface area contributed by atoms with Gasteiger partial charge in [-0.25, -0.2) is 12.8 Å². The van der Waals surface area contributed by atoms with Gasteiger partial charge in [-0.05, 0) is 51.1 Å². The van der Waals surface area contributed by atoms with Gasteiger partial charge in [0.05, 0.1) is 10.6 Å². The summed E-state index contributed by atoms with van der Waals surface area (Å²) in [5.41, 5.74) is 1.40. The van der Waals surface area contributed by atoms with E-state index in [1.807, 2.05) is 6.92 Å². The molecule has 0 aliphatic carbocycles. The summed E-state index contributed by atoms with van der Waals surface area (Å²) in [7, 11) is -4.13. The number of halogens is 1. The highest BCUT2D eigenvalue weighted by Gasteiger charge is 2.32. The fourth-order valence-corrected chi connectivity index (χ4v) is 5.09. The molecule has 0 spiro atoms. The number of anilines is 1. The van der Waals surface area contributed by atoms with E-state index in [0.29, 0.717) is 12.2 Å². The topological polar surface area (TPSA) is 86.8 Å². The molecular formula is C27H30FN3O4S. The molecule has 0 saturated carbocycles. The number of hydrogen-bond acceptors (Lipinski definition) is 4. The highest BCUT2D eigenvalue weighted by atomic mass is 32.2. The fraction of sp³-hybridized carbons (Fsp3) is 0.259. The normalized spacial score (nSPS) is 12.0. The molecule has 1 atom stereocenters. The van der Waals surface area contributed by atoms with E-state index in [9.17, 15) is 22.4 Å². The number of aryl methyl sites for hydroxylation is 1. The summed E-state index contributed by atoms with van der Waals surface area (Å²) in [6, 6.07) is 19.6. The van der Waals surface area contributed by atoms with E-state index in [1.165, 1.54) is 42.2 Å². The number of amides is 2. The quantitative estimate of drug-likeness (QED) is 0.448. The van der Waals surface area contributed by atoms with Gasteiger partial charge in [0.1, 0.15) is 18.4 Å². The molecule has 0 aliphatic rings. The van der Waals surface area contributed by atoms with Crippen molar-refractivity contribution in [3.05, 3.63) is 95.8 Å². The minimum Gasteiger partial charge on any atom is -0.355 e. The smallest absolute Gasteiger partial charge is 0.264 e. The molecule has 7 nitrogen and oxygen atoms in total. The van der Waals surface area contributed by atoms with Crippen molar-refractivity contribution < 1.29 is 22.4 Å². The molecule has 0 aromatic heterocycles. The van der Waals surface area contributed by atoms with Crippen molar-refractivity contribution in [1.29, 1.82) is 0 Å². The first-order valence-corrected chi connectivity index (χ1v) is 13.0. The summed E-state index contributed by atoms with van der Waals surface area (Å²) in [6.07, 6.45) is 0. The van der Waals surface area contributed by atoms with E-state index < -0.39 is 40.2 Å². The number of rotatable bonds is 10. The average molecular weight is 512 g/mol. The Balaban J connectivity index is 2.01. The summed E-state index contributed by atoms with van der Waals surface area (Å²) in [4.78, 5) is 27.5. The number of para-hydroxylation sites is 1. The maximum atomic E-state index is 14.5. The average Bonchev–Trinajstić information content (AvgIpc) is 2.87. The van der Waals surface area contributed by atoms with Crippen LogP contribution in [0.4, 0.5) is 10.1 Å². The van der Waals surface area contributed by atoms with E-state index in [0.717, 1.165) is 9.87 Å². The van der Waals surface area contributed by atoms with Gasteiger partial charge in [0.15, 0.2) is 0 Å². The molecule has 0 heterocycles. The molecule has 3 rings (SSSR count). The number of carbonyl (C=O) groups excluding carboxylic acids is 2. The van der Waals surface area contributed by atoms with E-state index in [2.05, 4.69) is 5.32 Å². The predicted molar refractivity (Wildman–Crippen MR) is 137 cm³/mol. The van der Waals surface area contributed by atoms with E-state index in [4.69, 9.17) is 0 Å². The monoisotopic (exact) mass is 511 g/mol. The van der Waals surface area contributed by atoms with Gasteiger partial charge in [0.25, 0.3) is 10.0 Å². The van der Waals surface area contributed by atoms with Crippen LogP contribution in [0.1, 0.15) is 25.0 Å². The van der Waals surface area contributed by atoms with Crippen LogP contribution in [0.2, 0.25) is 0 Å². The largest absolute Gasteiger partial charge is 0.355 e. The third-order valence-corrected chi connectivity index (χ3v) is 7.54. The number of sulfonamides is 1. The first-order chi connectivity index (χ1) is 17.1. The molecule has 0 unspecified atom stereocenters. The Morgan fingerprint density at radius 3 is 2.17 bits per heavy atom. The third-order valence-electron chi connectivity index (χ3n) is 5.75. The predicted octanol–water partition coefficient (Wildman–Crippen LogP) is 3.88. The summed E-state index contributed by atoms with van der Waals surface area (Å²) in [5, 5.41) is 2.67. The van der Waals surface area contributed by atoms with Crippen LogP contribution in [0, 0.1) is 12.7 Å². The molecule has 0 aliphatic heterocycles. The molecule has 0 bridgehead atoms. The molecular weight excluding hydrogens is 481 g/mol. The van der Waals surface area contributed by atoms with Gasteiger partial charge < -0.3 is 10.2 Å². The standard InChI is InChI=1S/C27H30FN3O4S/c1-4-29-27(33)21(3)30(18-22-10-8-9-13-25(22)28)26(32)19-31(23-11-6-5-7-12-23)36(34,35)24-16-14-20(2)15-17-24/h5-17,21H,4,18-19H2,1-3H3,(H,29,33)/t21-/m0/s1. The lowest BCUT2D eigenvalue weighted by molar-refractivity contribution is -0.139. The molecule has 0 saturated heterocycles. The van der Waals surface area contributed by atoms with Gasteiger partial charge in [0.2, 0.25) is 11.8 Å². The molecule has 36 heavy (non-hydrogen) atoms.